The Morgan fingerprint density at radius 1 is 0.419 bits per heavy atom. The molecular formula is C30H58P+. The SMILES string of the molecule is CCCCCCCCCCCC[P+](C1CCCCC1)(C1CCCCC1)C1CCCCC1. The lowest BCUT2D eigenvalue weighted by Crippen LogP contribution is -2.37. The van der Waals surface area contributed by atoms with Gasteiger partial charge in [-0.15, -0.1) is 0 Å². The van der Waals surface area contributed by atoms with Gasteiger partial charge >= 0.3 is 0 Å². The quantitative estimate of drug-likeness (QED) is 0.183. The molecule has 0 atom stereocenters. The first kappa shape index (κ1) is 26.0. The van der Waals surface area contributed by atoms with Gasteiger partial charge in [0, 0.05) is 7.26 Å². The Bertz CT molecular complexity index is 380. The van der Waals surface area contributed by atoms with Gasteiger partial charge in [-0.3, -0.25) is 0 Å². The smallest absolute Gasteiger partial charge is 0.0654 e. The molecule has 0 amide bonds. The van der Waals surface area contributed by atoms with E-state index in [-0.39, 0.29) is 0 Å². The van der Waals surface area contributed by atoms with Gasteiger partial charge in [0.15, 0.2) is 0 Å². The summed E-state index contributed by atoms with van der Waals surface area (Å²) in [6, 6.07) is 0. The Kier molecular flexibility index (Phi) is 12.9. The molecule has 3 rings (SSSR count). The molecular weight excluding hydrogens is 391 g/mol. The summed E-state index contributed by atoms with van der Waals surface area (Å²) < 4.78 is 0. The number of unbranched alkanes of at least 4 members (excludes halogenated alkanes) is 9. The van der Waals surface area contributed by atoms with Crippen LogP contribution in [0.25, 0.3) is 0 Å². The maximum atomic E-state index is 2.33. The minimum absolute atomic E-state index is 0.796. The predicted molar refractivity (Wildman–Crippen MR) is 144 cm³/mol. The zero-order chi connectivity index (χ0) is 21.6. The Hall–Kier alpha value is 0.430. The van der Waals surface area contributed by atoms with Crippen molar-refractivity contribution in [2.75, 3.05) is 6.16 Å². The summed E-state index contributed by atoms with van der Waals surface area (Å²) >= 11 is 0. The van der Waals surface area contributed by atoms with Crippen molar-refractivity contribution in [3.63, 3.8) is 0 Å². The van der Waals surface area contributed by atoms with Crippen molar-refractivity contribution in [1.82, 2.24) is 0 Å². The molecule has 1 heteroatoms. The van der Waals surface area contributed by atoms with E-state index >= 15 is 0 Å². The van der Waals surface area contributed by atoms with Crippen LogP contribution in [0.5, 0.6) is 0 Å². The van der Waals surface area contributed by atoms with Crippen molar-refractivity contribution in [2.45, 2.75) is 184 Å². The second-order valence-corrected chi connectivity index (χ2v) is 16.4. The lowest BCUT2D eigenvalue weighted by molar-refractivity contribution is 0.449. The summed E-state index contributed by atoms with van der Waals surface area (Å²) in [4.78, 5) is 0. The molecule has 3 fully saturated rings. The third kappa shape index (κ3) is 8.01. The summed E-state index contributed by atoms with van der Waals surface area (Å²) in [7, 11) is -0.796. The van der Waals surface area contributed by atoms with Crippen molar-refractivity contribution in [1.29, 1.82) is 0 Å². The van der Waals surface area contributed by atoms with Gasteiger partial charge in [0.25, 0.3) is 0 Å². The second-order valence-electron chi connectivity index (χ2n) is 11.8. The van der Waals surface area contributed by atoms with E-state index in [0.29, 0.717) is 0 Å². The molecule has 0 aromatic heterocycles. The number of hydrogen-bond donors (Lipinski definition) is 0. The van der Waals surface area contributed by atoms with Crippen molar-refractivity contribution in [3.8, 4) is 0 Å². The van der Waals surface area contributed by atoms with Crippen LogP contribution in [-0.2, 0) is 0 Å². The van der Waals surface area contributed by atoms with E-state index in [1.807, 2.05) is 0 Å². The summed E-state index contributed by atoms with van der Waals surface area (Å²) in [6.07, 6.45) is 40.7. The van der Waals surface area contributed by atoms with Gasteiger partial charge in [-0.1, -0.05) is 77.6 Å². The van der Waals surface area contributed by atoms with Crippen molar-refractivity contribution in [2.24, 2.45) is 0 Å². The topological polar surface area (TPSA) is 0 Å². The predicted octanol–water partition coefficient (Wildman–Crippen LogP) is 10.9. The van der Waals surface area contributed by atoms with E-state index in [1.54, 1.807) is 115 Å². The van der Waals surface area contributed by atoms with Crippen LogP contribution in [0.2, 0.25) is 0 Å². The zero-order valence-corrected chi connectivity index (χ0v) is 22.5. The maximum Gasteiger partial charge on any atom is 0.0703 e. The molecule has 0 aromatic rings. The fourth-order valence-corrected chi connectivity index (χ4v) is 15.6. The highest BCUT2D eigenvalue weighted by molar-refractivity contribution is 7.77. The Balaban J connectivity index is 1.55. The van der Waals surface area contributed by atoms with E-state index in [2.05, 4.69) is 6.92 Å². The lowest BCUT2D eigenvalue weighted by Gasteiger charge is -2.49. The molecule has 3 saturated carbocycles. The van der Waals surface area contributed by atoms with Gasteiger partial charge in [0.1, 0.15) is 0 Å². The van der Waals surface area contributed by atoms with Crippen molar-refractivity contribution >= 4 is 7.26 Å². The third-order valence-corrected chi connectivity index (χ3v) is 16.4. The number of hydrogen-bond acceptors (Lipinski definition) is 0. The summed E-state index contributed by atoms with van der Waals surface area (Å²) in [6.45, 7) is 2.33. The van der Waals surface area contributed by atoms with Gasteiger partial charge in [0.2, 0.25) is 0 Å². The first-order valence-electron chi connectivity index (χ1n) is 15.2. The van der Waals surface area contributed by atoms with Gasteiger partial charge in [-0.2, -0.15) is 0 Å². The Morgan fingerprint density at radius 2 is 0.742 bits per heavy atom. The van der Waals surface area contributed by atoms with E-state index in [0.717, 1.165) is 0 Å². The fraction of sp³-hybridized carbons (Fsp3) is 1.00. The van der Waals surface area contributed by atoms with Crippen LogP contribution in [0, 0.1) is 0 Å². The van der Waals surface area contributed by atoms with Crippen molar-refractivity contribution < 1.29 is 0 Å². The van der Waals surface area contributed by atoms with E-state index in [4.69, 9.17) is 0 Å². The first-order chi connectivity index (χ1) is 15.4. The lowest BCUT2D eigenvalue weighted by atomic mass is 9.99. The van der Waals surface area contributed by atoms with Crippen LogP contribution in [-0.4, -0.2) is 23.1 Å². The molecule has 3 aliphatic carbocycles. The molecule has 0 saturated heterocycles. The second kappa shape index (κ2) is 15.4. The third-order valence-electron chi connectivity index (χ3n) is 9.66. The van der Waals surface area contributed by atoms with Crippen LogP contribution in [0.3, 0.4) is 0 Å². The average molecular weight is 450 g/mol. The molecule has 0 heterocycles. The normalized spacial score (nSPS) is 22.7. The molecule has 0 unspecified atom stereocenters. The standard InChI is InChI=1S/C30H58P/c1-2-3-4-5-6-7-8-9-10-20-27-31(28-21-14-11-15-22-28,29-23-16-12-17-24-29)30-25-18-13-19-26-30/h28-30H,2-27H2,1H3/q+1. The van der Waals surface area contributed by atoms with Crippen molar-refractivity contribution in [3.05, 3.63) is 0 Å². The van der Waals surface area contributed by atoms with Crippen LogP contribution in [0.4, 0.5) is 0 Å². The highest BCUT2D eigenvalue weighted by Gasteiger charge is 2.56. The highest BCUT2D eigenvalue weighted by atomic mass is 31.2. The minimum atomic E-state index is -0.796. The molecule has 3 aliphatic rings. The molecule has 0 aromatic carbocycles. The number of rotatable bonds is 14. The summed E-state index contributed by atoms with van der Waals surface area (Å²) in [5, 5.41) is 0. The molecule has 0 bridgehead atoms. The molecule has 0 radical (unpaired) electrons. The molecule has 0 spiro atoms. The van der Waals surface area contributed by atoms with Gasteiger partial charge in [0.05, 0.1) is 23.1 Å². The first-order valence-corrected chi connectivity index (χ1v) is 17.4. The monoisotopic (exact) mass is 449 g/mol. The minimum Gasteiger partial charge on any atom is -0.0654 e. The molecule has 0 aliphatic heterocycles. The van der Waals surface area contributed by atoms with Gasteiger partial charge in [-0.05, 0) is 89.9 Å². The zero-order valence-electron chi connectivity index (χ0n) is 21.6. The van der Waals surface area contributed by atoms with Crippen LogP contribution >= 0.6 is 7.26 Å². The van der Waals surface area contributed by atoms with E-state index in [1.165, 1.54) is 68.3 Å². The van der Waals surface area contributed by atoms with E-state index < -0.39 is 7.26 Å². The summed E-state index contributed by atoms with van der Waals surface area (Å²) in [5.41, 5.74) is 3.60. The average Bonchev–Trinajstić information content (AvgIpc) is 2.84. The van der Waals surface area contributed by atoms with Gasteiger partial charge in [-0.25, -0.2) is 0 Å². The Morgan fingerprint density at radius 3 is 1.10 bits per heavy atom. The Labute approximate surface area is 197 Å². The molecule has 0 N–H and O–H groups in total. The summed E-state index contributed by atoms with van der Waals surface area (Å²) in [5.74, 6) is 0. The molecule has 182 valence electrons. The largest absolute Gasteiger partial charge is 0.0703 e. The van der Waals surface area contributed by atoms with Crippen LogP contribution in [0.15, 0.2) is 0 Å². The van der Waals surface area contributed by atoms with Crippen LogP contribution < -0.4 is 0 Å². The fourth-order valence-electron chi connectivity index (χ4n) is 8.00. The van der Waals surface area contributed by atoms with Gasteiger partial charge < -0.3 is 0 Å². The molecule has 31 heavy (non-hydrogen) atoms. The van der Waals surface area contributed by atoms with E-state index in [9.17, 15) is 0 Å². The molecule has 0 nitrogen and oxygen atoms in total. The highest BCUT2D eigenvalue weighted by Crippen LogP contribution is 2.77. The maximum absolute atomic E-state index is 2.33. The van der Waals surface area contributed by atoms with Crippen LogP contribution in [0.1, 0.15) is 167 Å².